The number of fused-ring (bicyclic) bond motifs is 1. The minimum absolute atomic E-state index is 0.0417. The van der Waals surface area contributed by atoms with Crippen molar-refractivity contribution in [2.45, 2.75) is 26.3 Å². The number of aromatic nitrogens is 1. The number of carboxylic acid groups (broad SMARTS) is 2. The molecule has 0 saturated heterocycles. The molecule has 0 atom stereocenters. The van der Waals surface area contributed by atoms with E-state index < -0.39 is 11.9 Å². The highest BCUT2D eigenvalue weighted by atomic mass is 35.5. The Kier molecular flexibility index (Phi) is 8.86. The van der Waals surface area contributed by atoms with E-state index in [2.05, 4.69) is 47.2 Å². The van der Waals surface area contributed by atoms with Gasteiger partial charge in [-0.15, -0.1) is 0 Å². The molecule has 0 unspecified atom stereocenters. The van der Waals surface area contributed by atoms with Crippen molar-refractivity contribution in [1.82, 2.24) is 4.57 Å². The van der Waals surface area contributed by atoms with Gasteiger partial charge in [0.15, 0.2) is 0 Å². The molecule has 0 spiro atoms. The lowest BCUT2D eigenvalue weighted by molar-refractivity contribution is -0.139. The zero-order valence-electron chi connectivity index (χ0n) is 19.9. The Balaban J connectivity index is 0.000000223. The smallest absolute Gasteiger partial charge is 0.337 e. The Bertz CT molecular complexity index is 1390. The molecule has 0 radical (unpaired) electrons. The molecule has 0 bridgehead atoms. The highest BCUT2D eigenvalue weighted by Crippen LogP contribution is 2.24. The van der Waals surface area contributed by atoms with Crippen molar-refractivity contribution < 1.29 is 29.3 Å². The number of esters is 1. The first-order valence-corrected chi connectivity index (χ1v) is 11.5. The van der Waals surface area contributed by atoms with Gasteiger partial charge < -0.3 is 19.5 Å². The summed E-state index contributed by atoms with van der Waals surface area (Å²) in [5.74, 6) is -2.59. The number of carboxylic acids is 2. The van der Waals surface area contributed by atoms with Gasteiger partial charge in [-0.25, -0.2) is 9.59 Å². The van der Waals surface area contributed by atoms with Crippen molar-refractivity contribution in [3.8, 4) is 0 Å². The van der Waals surface area contributed by atoms with E-state index in [1.165, 1.54) is 31.7 Å². The number of ether oxygens (including phenoxy) is 1. The first kappa shape index (κ1) is 26.5. The molecule has 4 rings (SSSR count). The summed E-state index contributed by atoms with van der Waals surface area (Å²) in [5, 5.41) is 18.7. The van der Waals surface area contributed by atoms with E-state index in [-0.39, 0.29) is 27.7 Å². The Morgan fingerprint density at radius 1 is 0.917 bits per heavy atom. The first-order chi connectivity index (χ1) is 17.2. The third-order valence-corrected chi connectivity index (χ3v) is 6.09. The van der Waals surface area contributed by atoms with Crippen LogP contribution in [0.5, 0.6) is 0 Å². The van der Waals surface area contributed by atoms with Crippen molar-refractivity contribution in [2.24, 2.45) is 0 Å². The van der Waals surface area contributed by atoms with Gasteiger partial charge in [-0.1, -0.05) is 60.1 Å². The summed E-state index contributed by atoms with van der Waals surface area (Å²) < 4.78 is 7.02. The minimum atomic E-state index is -1.23. The Hall–Kier alpha value is -4.10. The first-order valence-electron chi connectivity index (χ1n) is 11.2. The van der Waals surface area contributed by atoms with E-state index in [9.17, 15) is 14.4 Å². The lowest BCUT2D eigenvalue weighted by Crippen LogP contribution is -2.07. The normalized spacial score (nSPS) is 10.4. The summed E-state index contributed by atoms with van der Waals surface area (Å²) in [5.41, 5.74) is 3.46. The largest absolute Gasteiger partial charge is 0.478 e. The molecule has 0 aliphatic carbocycles. The number of para-hydroxylation sites is 1. The number of hydrogen-bond donors (Lipinski definition) is 2. The van der Waals surface area contributed by atoms with Crippen molar-refractivity contribution in [2.75, 3.05) is 7.11 Å². The van der Waals surface area contributed by atoms with E-state index in [0.29, 0.717) is 6.42 Å². The lowest BCUT2D eigenvalue weighted by atomic mass is 10.0. The maximum atomic E-state index is 11.6. The van der Waals surface area contributed by atoms with Gasteiger partial charge in [0.25, 0.3) is 0 Å². The lowest BCUT2D eigenvalue weighted by Gasteiger charge is -2.06. The average molecular weight is 508 g/mol. The number of carbonyl (C=O) groups excluding carboxylic acids is 1. The fourth-order valence-electron chi connectivity index (χ4n) is 3.94. The quantitative estimate of drug-likeness (QED) is 0.313. The monoisotopic (exact) mass is 507 g/mol. The van der Waals surface area contributed by atoms with Crippen LogP contribution in [0.1, 0.15) is 37.4 Å². The van der Waals surface area contributed by atoms with Crippen LogP contribution in [0.4, 0.5) is 0 Å². The molecule has 0 aliphatic heterocycles. The standard InChI is InChI=1S/C19H19NO2.C9H7ClO4/c1-22-19(21)13-16-14-20(18-10-6-5-9-17(16)18)12-11-15-7-3-2-4-8-15;1-4-5(8(11)12)2-3-6(10)7(4)9(13)14/h2-10,14H,11-13H2,1H3;2-3H,1H3,(H,11,12)(H,13,14). The summed E-state index contributed by atoms with van der Waals surface area (Å²) in [7, 11) is 1.43. The molecule has 1 aromatic heterocycles. The zero-order chi connectivity index (χ0) is 26.2. The Labute approximate surface area is 213 Å². The topological polar surface area (TPSA) is 106 Å². The van der Waals surface area contributed by atoms with Gasteiger partial charge in [0.1, 0.15) is 0 Å². The van der Waals surface area contributed by atoms with Crippen LogP contribution >= 0.6 is 11.6 Å². The summed E-state index contributed by atoms with van der Waals surface area (Å²) in [4.78, 5) is 33.0. The molecule has 4 aromatic rings. The molecule has 36 heavy (non-hydrogen) atoms. The van der Waals surface area contributed by atoms with E-state index in [0.717, 1.165) is 29.4 Å². The number of aryl methyl sites for hydroxylation is 2. The second kappa shape index (κ2) is 12.0. The van der Waals surface area contributed by atoms with E-state index in [1.807, 2.05) is 18.2 Å². The van der Waals surface area contributed by atoms with Gasteiger partial charge in [-0.2, -0.15) is 0 Å². The van der Waals surface area contributed by atoms with Crippen molar-refractivity contribution in [3.05, 3.63) is 106 Å². The van der Waals surface area contributed by atoms with Crippen LogP contribution in [-0.4, -0.2) is 39.8 Å². The summed E-state index contributed by atoms with van der Waals surface area (Å²) in [6.07, 6.45) is 3.36. The van der Waals surface area contributed by atoms with Gasteiger partial charge in [-0.05, 0) is 48.2 Å². The molecular formula is C28H26ClNO6. The molecule has 8 heteroatoms. The Morgan fingerprint density at radius 3 is 2.22 bits per heavy atom. The summed E-state index contributed by atoms with van der Waals surface area (Å²) >= 11 is 5.63. The maximum Gasteiger partial charge on any atom is 0.337 e. The predicted molar refractivity (Wildman–Crippen MR) is 138 cm³/mol. The molecule has 186 valence electrons. The van der Waals surface area contributed by atoms with Crippen LogP contribution in [0.3, 0.4) is 0 Å². The highest BCUT2D eigenvalue weighted by Gasteiger charge is 2.18. The van der Waals surface area contributed by atoms with Crippen molar-refractivity contribution in [3.63, 3.8) is 0 Å². The van der Waals surface area contributed by atoms with Gasteiger partial charge in [0.2, 0.25) is 0 Å². The van der Waals surface area contributed by atoms with Crippen LogP contribution in [0.15, 0.2) is 72.9 Å². The third kappa shape index (κ3) is 6.31. The van der Waals surface area contributed by atoms with Crippen LogP contribution in [0.2, 0.25) is 5.02 Å². The number of aromatic carboxylic acids is 2. The van der Waals surface area contributed by atoms with Crippen LogP contribution in [0, 0.1) is 6.92 Å². The molecule has 0 amide bonds. The second-order valence-corrected chi connectivity index (χ2v) is 8.47. The number of halogens is 1. The molecule has 0 fully saturated rings. The number of benzene rings is 3. The van der Waals surface area contributed by atoms with Crippen molar-refractivity contribution >= 4 is 40.4 Å². The molecule has 0 saturated carbocycles. The van der Waals surface area contributed by atoms with Gasteiger partial charge in [0, 0.05) is 23.6 Å². The molecule has 7 nitrogen and oxygen atoms in total. The zero-order valence-corrected chi connectivity index (χ0v) is 20.7. The Morgan fingerprint density at radius 2 is 1.58 bits per heavy atom. The van der Waals surface area contributed by atoms with Crippen LogP contribution < -0.4 is 0 Å². The highest BCUT2D eigenvalue weighted by molar-refractivity contribution is 6.33. The number of rotatable bonds is 7. The van der Waals surface area contributed by atoms with E-state index in [4.69, 9.17) is 26.6 Å². The van der Waals surface area contributed by atoms with Crippen LogP contribution in [-0.2, 0) is 28.9 Å². The molecule has 1 heterocycles. The summed E-state index contributed by atoms with van der Waals surface area (Å²) in [6, 6.07) is 21.2. The minimum Gasteiger partial charge on any atom is -0.478 e. The van der Waals surface area contributed by atoms with E-state index >= 15 is 0 Å². The molecule has 3 aromatic carbocycles. The van der Waals surface area contributed by atoms with Crippen LogP contribution in [0.25, 0.3) is 10.9 Å². The van der Waals surface area contributed by atoms with Gasteiger partial charge in [-0.3, -0.25) is 4.79 Å². The molecule has 0 aliphatic rings. The third-order valence-electron chi connectivity index (χ3n) is 5.78. The van der Waals surface area contributed by atoms with Gasteiger partial charge in [0.05, 0.1) is 29.7 Å². The predicted octanol–water partition coefficient (Wildman–Crippen LogP) is 5.64. The summed E-state index contributed by atoms with van der Waals surface area (Å²) in [6.45, 7) is 2.31. The number of nitrogens with zero attached hydrogens (tertiary/aromatic N) is 1. The fraction of sp³-hybridized carbons (Fsp3) is 0.179. The molecule has 2 N–H and O–H groups in total. The molecular weight excluding hydrogens is 482 g/mol. The number of methoxy groups -OCH3 is 1. The second-order valence-electron chi connectivity index (χ2n) is 8.06. The maximum absolute atomic E-state index is 11.6. The number of carbonyl (C=O) groups is 3. The SMILES string of the molecule is COC(=O)Cc1cn(CCc2ccccc2)c2ccccc12.Cc1c(C(=O)O)ccc(Cl)c1C(=O)O. The van der Waals surface area contributed by atoms with Gasteiger partial charge >= 0.3 is 17.9 Å². The van der Waals surface area contributed by atoms with E-state index in [1.54, 1.807) is 0 Å². The van der Waals surface area contributed by atoms with Crippen molar-refractivity contribution in [1.29, 1.82) is 0 Å². The fourth-order valence-corrected chi connectivity index (χ4v) is 4.23. The number of hydrogen-bond acceptors (Lipinski definition) is 4. The average Bonchev–Trinajstić information content (AvgIpc) is 3.20.